The summed E-state index contributed by atoms with van der Waals surface area (Å²) in [4.78, 5) is 12.5. The van der Waals surface area contributed by atoms with Crippen LogP contribution in [0.3, 0.4) is 0 Å². The normalized spacial score (nSPS) is 11.3. The number of benzene rings is 2. The molecule has 0 amide bonds. The minimum atomic E-state index is -0.342. The molecular formula is C15H9FIO3P. The minimum absolute atomic E-state index is 0.147. The lowest BCUT2D eigenvalue weighted by molar-refractivity contribution is 0.597. The van der Waals surface area contributed by atoms with Gasteiger partial charge in [0, 0.05) is 6.07 Å². The third-order valence-electron chi connectivity index (χ3n) is 3.06. The van der Waals surface area contributed by atoms with Crippen LogP contribution in [0, 0.1) is 5.82 Å². The highest BCUT2D eigenvalue weighted by Crippen LogP contribution is 2.29. The second-order valence-corrected chi connectivity index (χ2v) is 6.00. The standard InChI is InChI=1S/C15H9FIO3P/c16-10-3-1-9(2-4-10)13-8-19-14-7-11(20-21-17)5-6-12(14)15(13)18/h1-8,21H. The van der Waals surface area contributed by atoms with Crippen molar-refractivity contribution in [3.8, 4) is 16.9 Å². The first-order valence-corrected chi connectivity index (χ1v) is 10.1. The van der Waals surface area contributed by atoms with Gasteiger partial charge in [0.15, 0.2) is 5.43 Å². The largest absolute Gasteiger partial charge is 0.467 e. The molecule has 0 saturated carbocycles. The Morgan fingerprint density at radius 3 is 2.62 bits per heavy atom. The van der Waals surface area contributed by atoms with Gasteiger partial charge in [-0.1, -0.05) is 12.1 Å². The molecule has 6 heteroatoms. The molecule has 1 atom stereocenters. The van der Waals surface area contributed by atoms with Gasteiger partial charge in [0.05, 0.1) is 10.9 Å². The van der Waals surface area contributed by atoms with Crippen molar-refractivity contribution in [2.45, 2.75) is 0 Å². The fourth-order valence-electron chi connectivity index (χ4n) is 2.05. The van der Waals surface area contributed by atoms with E-state index < -0.39 is 0 Å². The van der Waals surface area contributed by atoms with Crippen molar-refractivity contribution in [1.82, 2.24) is 0 Å². The van der Waals surface area contributed by atoms with Crippen LogP contribution in [0.15, 0.2) is 57.9 Å². The van der Waals surface area contributed by atoms with Gasteiger partial charge in [0.1, 0.15) is 29.9 Å². The first-order valence-electron chi connectivity index (χ1n) is 6.03. The van der Waals surface area contributed by atoms with E-state index in [2.05, 4.69) is 22.0 Å². The lowest BCUT2D eigenvalue weighted by Gasteiger charge is -2.05. The molecule has 0 fully saturated rings. The summed E-state index contributed by atoms with van der Waals surface area (Å²) >= 11 is 2.12. The van der Waals surface area contributed by atoms with Crippen molar-refractivity contribution >= 4 is 39.5 Å². The van der Waals surface area contributed by atoms with Gasteiger partial charge < -0.3 is 8.94 Å². The fraction of sp³-hybridized carbons (Fsp3) is 0. The predicted octanol–water partition coefficient (Wildman–Crippen LogP) is 4.92. The van der Waals surface area contributed by atoms with Crippen LogP contribution >= 0.6 is 28.5 Å². The summed E-state index contributed by atoms with van der Waals surface area (Å²) in [6.07, 6.45) is 1.40. The zero-order chi connectivity index (χ0) is 14.8. The first kappa shape index (κ1) is 14.5. The van der Waals surface area contributed by atoms with E-state index in [1.807, 2.05) is 0 Å². The smallest absolute Gasteiger partial charge is 0.200 e. The SMILES string of the molecule is O=c1c(-c2ccc(F)cc2)coc2cc(OPI)ccc12. The van der Waals surface area contributed by atoms with Gasteiger partial charge in [-0.05, 0) is 51.9 Å². The van der Waals surface area contributed by atoms with Crippen molar-refractivity contribution < 1.29 is 13.3 Å². The molecule has 1 aromatic heterocycles. The molecule has 0 aliphatic carbocycles. The van der Waals surface area contributed by atoms with Crippen LogP contribution in [0.5, 0.6) is 5.75 Å². The Labute approximate surface area is 134 Å². The molecule has 0 N–H and O–H groups in total. The average molecular weight is 414 g/mol. The number of rotatable bonds is 3. The van der Waals surface area contributed by atoms with Crippen LogP contribution in [0.4, 0.5) is 4.39 Å². The van der Waals surface area contributed by atoms with E-state index in [9.17, 15) is 9.18 Å². The number of fused-ring (bicyclic) bond motifs is 1. The Morgan fingerprint density at radius 1 is 1.14 bits per heavy atom. The summed E-state index contributed by atoms with van der Waals surface area (Å²) in [6, 6.07) is 10.9. The summed E-state index contributed by atoms with van der Waals surface area (Å²) in [7, 11) is 0. The monoisotopic (exact) mass is 414 g/mol. The van der Waals surface area contributed by atoms with E-state index in [4.69, 9.17) is 8.94 Å². The van der Waals surface area contributed by atoms with Crippen LogP contribution in [0.25, 0.3) is 22.1 Å². The maximum atomic E-state index is 13.0. The Hall–Kier alpha value is -1.46. The van der Waals surface area contributed by atoms with Crippen LogP contribution in [0.2, 0.25) is 0 Å². The van der Waals surface area contributed by atoms with E-state index in [0.717, 1.165) is 0 Å². The molecule has 21 heavy (non-hydrogen) atoms. The molecule has 0 aliphatic heterocycles. The van der Waals surface area contributed by atoms with Gasteiger partial charge in [-0.25, -0.2) is 4.39 Å². The highest BCUT2D eigenvalue weighted by Gasteiger charge is 2.10. The van der Waals surface area contributed by atoms with Gasteiger partial charge in [0.25, 0.3) is 0 Å². The van der Waals surface area contributed by atoms with E-state index in [1.54, 1.807) is 30.3 Å². The lowest BCUT2D eigenvalue weighted by atomic mass is 10.1. The zero-order valence-electron chi connectivity index (χ0n) is 10.6. The second kappa shape index (κ2) is 6.12. The fourth-order valence-corrected chi connectivity index (χ4v) is 3.02. The Bertz CT molecular complexity index is 846. The second-order valence-electron chi connectivity index (χ2n) is 4.32. The molecule has 0 bridgehead atoms. The van der Waals surface area contributed by atoms with Crippen LogP contribution in [-0.4, -0.2) is 0 Å². The molecule has 1 unspecified atom stereocenters. The van der Waals surface area contributed by atoms with Crippen molar-refractivity contribution in [2.75, 3.05) is 0 Å². The van der Waals surface area contributed by atoms with Crippen LogP contribution in [0.1, 0.15) is 0 Å². The van der Waals surface area contributed by atoms with Crippen molar-refractivity contribution in [1.29, 1.82) is 0 Å². The number of hydrogen-bond donors (Lipinski definition) is 0. The maximum Gasteiger partial charge on any atom is 0.200 e. The Kier molecular flexibility index (Phi) is 4.22. The minimum Gasteiger partial charge on any atom is -0.467 e. The quantitative estimate of drug-likeness (QED) is 0.451. The maximum absolute atomic E-state index is 13.0. The Morgan fingerprint density at radius 2 is 1.90 bits per heavy atom. The number of halogens is 2. The third kappa shape index (κ3) is 2.94. The average Bonchev–Trinajstić information content (AvgIpc) is 2.49. The van der Waals surface area contributed by atoms with E-state index in [0.29, 0.717) is 34.3 Å². The van der Waals surface area contributed by atoms with Gasteiger partial charge in [-0.3, -0.25) is 4.79 Å². The molecule has 3 aromatic rings. The topological polar surface area (TPSA) is 39.4 Å². The summed E-state index contributed by atoms with van der Waals surface area (Å²) < 4.78 is 23.9. The molecule has 0 saturated heterocycles. The molecule has 2 aromatic carbocycles. The van der Waals surface area contributed by atoms with Gasteiger partial charge in [-0.15, -0.1) is 0 Å². The highest BCUT2D eigenvalue weighted by atomic mass is 127. The summed E-state index contributed by atoms with van der Waals surface area (Å²) in [5, 5.41) is 0.473. The zero-order valence-corrected chi connectivity index (χ0v) is 13.8. The first-order chi connectivity index (χ1) is 10.2. The molecule has 3 nitrogen and oxygen atoms in total. The highest BCUT2D eigenvalue weighted by molar-refractivity contribution is 14.2. The van der Waals surface area contributed by atoms with Gasteiger partial charge in [-0.2, -0.15) is 0 Å². The van der Waals surface area contributed by atoms with Crippen molar-refractivity contribution in [3.05, 3.63) is 64.8 Å². The lowest BCUT2D eigenvalue weighted by Crippen LogP contribution is -2.04. The van der Waals surface area contributed by atoms with E-state index in [1.165, 1.54) is 18.4 Å². The molecule has 1 heterocycles. The third-order valence-corrected chi connectivity index (χ3v) is 4.03. The molecular weight excluding hydrogens is 405 g/mol. The van der Waals surface area contributed by atoms with Crippen LogP contribution in [-0.2, 0) is 0 Å². The van der Waals surface area contributed by atoms with Crippen LogP contribution < -0.4 is 9.95 Å². The van der Waals surface area contributed by atoms with Gasteiger partial charge >= 0.3 is 0 Å². The molecule has 106 valence electrons. The predicted molar refractivity (Wildman–Crippen MR) is 90.8 cm³/mol. The number of hydrogen-bond acceptors (Lipinski definition) is 3. The molecule has 0 spiro atoms. The van der Waals surface area contributed by atoms with Crippen molar-refractivity contribution in [2.24, 2.45) is 0 Å². The van der Waals surface area contributed by atoms with Gasteiger partial charge in [0.2, 0.25) is 0 Å². The summed E-state index contributed by atoms with van der Waals surface area (Å²) in [6.45, 7) is 0.292. The summed E-state index contributed by atoms with van der Waals surface area (Å²) in [5.41, 5.74) is 1.36. The molecule has 3 rings (SSSR count). The van der Waals surface area contributed by atoms with E-state index in [-0.39, 0.29) is 11.2 Å². The van der Waals surface area contributed by atoms with Crippen molar-refractivity contribution in [3.63, 3.8) is 0 Å². The molecule has 0 radical (unpaired) electrons. The van der Waals surface area contributed by atoms with E-state index >= 15 is 0 Å². The molecule has 0 aliphatic rings. The summed E-state index contributed by atoms with van der Waals surface area (Å²) in [5.74, 6) is 0.318. The Balaban J connectivity index is 2.14.